The van der Waals surface area contributed by atoms with Crippen LogP contribution in [0.5, 0.6) is 0 Å². The molecule has 1 fully saturated rings. The van der Waals surface area contributed by atoms with Crippen LogP contribution in [-0.4, -0.2) is 60.3 Å². The van der Waals surface area contributed by atoms with Gasteiger partial charge in [-0.05, 0) is 70.7 Å². The number of nitrogens with one attached hydrogen (secondary N) is 2. The average Bonchev–Trinajstić information content (AvgIpc) is 2.75. The van der Waals surface area contributed by atoms with Gasteiger partial charge in [0, 0.05) is 38.6 Å². The van der Waals surface area contributed by atoms with Gasteiger partial charge in [-0.25, -0.2) is 9.97 Å². The number of aromatic nitrogens is 3. The SMILES string of the molecule is CC(C)(C)OC=O.CN(CC1CCNCC1)c1cc(NCCc2cccnc2)ncn1. The van der Waals surface area contributed by atoms with Gasteiger partial charge in [0.1, 0.15) is 23.6 Å². The first-order valence-corrected chi connectivity index (χ1v) is 10.9. The highest BCUT2D eigenvalue weighted by molar-refractivity contribution is 5.48. The predicted octanol–water partition coefficient (Wildman–Crippen LogP) is 2.92. The van der Waals surface area contributed by atoms with Crippen LogP contribution < -0.4 is 15.5 Å². The Morgan fingerprint density at radius 2 is 2.06 bits per heavy atom. The standard InChI is InChI=1S/C18H26N6.C5H10O2/c1-24(13-16-4-8-19-9-5-16)18-11-17(22-14-23-18)21-10-6-15-3-2-7-20-12-15;1-5(2,3)7-4-6/h2-3,7,11-12,14,16,19H,4-6,8-10,13H2,1H3,(H,21,22,23);4H,1-3H3. The Morgan fingerprint density at radius 1 is 1.29 bits per heavy atom. The first-order valence-electron chi connectivity index (χ1n) is 10.9. The van der Waals surface area contributed by atoms with Crippen molar-refractivity contribution in [3.8, 4) is 0 Å². The molecule has 3 rings (SSSR count). The predicted molar refractivity (Wildman–Crippen MR) is 124 cm³/mol. The van der Waals surface area contributed by atoms with E-state index in [1.807, 2.05) is 39.1 Å². The Balaban J connectivity index is 0.000000423. The molecule has 170 valence electrons. The molecule has 2 aromatic heterocycles. The number of carbonyl (C=O) groups excluding carboxylic acids is 1. The maximum Gasteiger partial charge on any atom is 0.293 e. The molecule has 1 aliphatic heterocycles. The van der Waals surface area contributed by atoms with Gasteiger partial charge in [0.15, 0.2) is 0 Å². The normalized spacial score (nSPS) is 14.2. The molecule has 2 aromatic rings. The Labute approximate surface area is 185 Å². The lowest BCUT2D eigenvalue weighted by molar-refractivity contribution is -0.138. The van der Waals surface area contributed by atoms with E-state index < -0.39 is 0 Å². The molecule has 0 aliphatic carbocycles. The van der Waals surface area contributed by atoms with Crippen LogP contribution >= 0.6 is 0 Å². The van der Waals surface area contributed by atoms with E-state index in [0.29, 0.717) is 6.47 Å². The smallest absolute Gasteiger partial charge is 0.293 e. The number of nitrogens with zero attached hydrogens (tertiary/aromatic N) is 4. The summed E-state index contributed by atoms with van der Waals surface area (Å²) in [5.74, 6) is 2.60. The monoisotopic (exact) mass is 428 g/mol. The molecular weight excluding hydrogens is 392 g/mol. The van der Waals surface area contributed by atoms with Crippen molar-refractivity contribution in [2.24, 2.45) is 5.92 Å². The fourth-order valence-corrected chi connectivity index (χ4v) is 3.22. The second-order valence-corrected chi connectivity index (χ2v) is 8.70. The summed E-state index contributed by atoms with van der Waals surface area (Å²) in [5.41, 5.74) is 0.907. The molecule has 3 heterocycles. The summed E-state index contributed by atoms with van der Waals surface area (Å²) in [6.07, 6.45) is 8.75. The van der Waals surface area contributed by atoms with E-state index >= 15 is 0 Å². The summed E-state index contributed by atoms with van der Waals surface area (Å²) in [6.45, 7) is 10.1. The lowest BCUT2D eigenvalue weighted by atomic mass is 9.98. The van der Waals surface area contributed by atoms with E-state index in [9.17, 15) is 4.79 Å². The van der Waals surface area contributed by atoms with Crippen molar-refractivity contribution >= 4 is 18.1 Å². The van der Waals surface area contributed by atoms with Gasteiger partial charge in [-0.15, -0.1) is 0 Å². The van der Waals surface area contributed by atoms with Crippen LogP contribution in [0.1, 0.15) is 39.2 Å². The summed E-state index contributed by atoms with van der Waals surface area (Å²) in [7, 11) is 2.11. The molecule has 0 aromatic carbocycles. The van der Waals surface area contributed by atoms with Gasteiger partial charge < -0.3 is 20.3 Å². The number of pyridine rings is 1. The molecule has 0 bridgehead atoms. The molecule has 0 radical (unpaired) electrons. The highest BCUT2D eigenvalue weighted by atomic mass is 16.5. The molecule has 1 aliphatic rings. The molecule has 0 unspecified atom stereocenters. The van der Waals surface area contributed by atoms with Crippen LogP contribution in [0.25, 0.3) is 0 Å². The zero-order chi connectivity index (χ0) is 22.5. The summed E-state index contributed by atoms with van der Waals surface area (Å²) < 4.78 is 4.55. The van der Waals surface area contributed by atoms with Crippen LogP contribution in [0, 0.1) is 5.92 Å². The van der Waals surface area contributed by atoms with Crippen molar-refractivity contribution < 1.29 is 9.53 Å². The third kappa shape index (κ3) is 10.2. The van der Waals surface area contributed by atoms with E-state index in [-0.39, 0.29) is 5.60 Å². The zero-order valence-electron chi connectivity index (χ0n) is 19.2. The van der Waals surface area contributed by atoms with E-state index in [1.54, 1.807) is 12.5 Å². The number of hydrogen-bond acceptors (Lipinski definition) is 8. The molecule has 1 saturated heterocycles. The number of ether oxygens (including phenoxy) is 1. The molecule has 8 nitrogen and oxygen atoms in total. The Kier molecular flexibility index (Phi) is 10.2. The molecule has 0 amide bonds. The molecular formula is C23H36N6O2. The summed E-state index contributed by atoms with van der Waals surface area (Å²) in [4.78, 5) is 24.7. The number of piperidine rings is 1. The van der Waals surface area contributed by atoms with Crippen LogP contribution in [0.15, 0.2) is 36.9 Å². The van der Waals surface area contributed by atoms with E-state index in [4.69, 9.17) is 0 Å². The van der Waals surface area contributed by atoms with Crippen LogP contribution in [-0.2, 0) is 16.0 Å². The topological polar surface area (TPSA) is 92.3 Å². The Hall–Kier alpha value is -2.74. The summed E-state index contributed by atoms with van der Waals surface area (Å²) in [6, 6.07) is 6.09. The maximum absolute atomic E-state index is 9.60. The van der Waals surface area contributed by atoms with Crippen LogP contribution in [0.2, 0.25) is 0 Å². The molecule has 0 atom stereocenters. The Morgan fingerprint density at radius 3 is 2.68 bits per heavy atom. The molecule has 2 N–H and O–H groups in total. The minimum absolute atomic E-state index is 0.318. The first-order chi connectivity index (χ1) is 14.9. The van der Waals surface area contributed by atoms with Crippen molar-refractivity contribution in [1.82, 2.24) is 20.3 Å². The van der Waals surface area contributed by atoms with Crippen molar-refractivity contribution in [2.45, 2.75) is 45.6 Å². The number of rotatable bonds is 8. The van der Waals surface area contributed by atoms with Crippen LogP contribution in [0.4, 0.5) is 11.6 Å². The van der Waals surface area contributed by atoms with E-state index in [0.717, 1.165) is 50.2 Å². The highest BCUT2D eigenvalue weighted by Gasteiger charge is 2.16. The number of hydrogen-bond donors (Lipinski definition) is 2. The summed E-state index contributed by atoms with van der Waals surface area (Å²) in [5, 5.41) is 6.79. The molecule has 0 saturated carbocycles. The molecule has 8 heteroatoms. The van der Waals surface area contributed by atoms with Gasteiger partial charge >= 0.3 is 0 Å². The fourth-order valence-electron chi connectivity index (χ4n) is 3.22. The van der Waals surface area contributed by atoms with Crippen molar-refractivity contribution in [3.63, 3.8) is 0 Å². The third-order valence-electron chi connectivity index (χ3n) is 4.88. The van der Waals surface area contributed by atoms with Gasteiger partial charge in [0.25, 0.3) is 6.47 Å². The van der Waals surface area contributed by atoms with E-state index in [1.165, 1.54) is 18.4 Å². The lowest BCUT2D eigenvalue weighted by Gasteiger charge is -2.28. The van der Waals surface area contributed by atoms with E-state index in [2.05, 4.69) is 48.3 Å². The van der Waals surface area contributed by atoms with Gasteiger partial charge in [-0.2, -0.15) is 0 Å². The first kappa shape index (κ1) is 24.5. The van der Waals surface area contributed by atoms with Gasteiger partial charge in [0.05, 0.1) is 0 Å². The van der Waals surface area contributed by atoms with Crippen molar-refractivity contribution in [3.05, 3.63) is 42.5 Å². The molecule has 31 heavy (non-hydrogen) atoms. The van der Waals surface area contributed by atoms with Gasteiger partial charge in [-0.3, -0.25) is 9.78 Å². The average molecular weight is 429 g/mol. The lowest BCUT2D eigenvalue weighted by Crippen LogP contribution is -2.34. The molecule has 0 spiro atoms. The quantitative estimate of drug-likeness (QED) is 0.620. The third-order valence-corrected chi connectivity index (χ3v) is 4.88. The minimum Gasteiger partial charge on any atom is -0.462 e. The maximum atomic E-state index is 9.60. The largest absolute Gasteiger partial charge is 0.462 e. The highest BCUT2D eigenvalue weighted by Crippen LogP contribution is 2.18. The summed E-state index contributed by atoms with van der Waals surface area (Å²) >= 11 is 0. The van der Waals surface area contributed by atoms with Crippen molar-refractivity contribution in [2.75, 3.05) is 43.4 Å². The zero-order valence-corrected chi connectivity index (χ0v) is 19.2. The van der Waals surface area contributed by atoms with Crippen molar-refractivity contribution in [1.29, 1.82) is 0 Å². The number of anilines is 2. The van der Waals surface area contributed by atoms with Gasteiger partial charge in [-0.1, -0.05) is 6.07 Å². The van der Waals surface area contributed by atoms with Gasteiger partial charge in [0.2, 0.25) is 0 Å². The fraction of sp³-hybridized carbons (Fsp3) is 0.565. The second-order valence-electron chi connectivity index (χ2n) is 8.70. The second kappa shape index (κ2) is 12.8. The Bertz CT molecular complexity index is 760. The van der Waals surface area contributed by atoms with Crippen LogP contribution in [0.3, 0.4) is 0 Å². The number of carbonyl (C=O) groups is 1. The minimum atomic E-state index is -0.318.